The Hall–Kier alpha value is -2.30. The molecule has 0 saturated heterocycles. The number of fused-ring (bicyclic) bond motifs is 1. The maximum absolute atomic E-state index is 5.98. The number of benzene rings is 1. The van der Waals surface area contributed by atoms with Crippen LogP contribution in [0.3, 0.4) is 0 Å². The van der Waals surface area contributed by atoms with Gasteiger partial charge < -0.3 is 15.2 Å². The Morgan fingerprint density at radius 3 is 2.67 bits per heavy atom. The number of nitrogen functional groups attached to an aromatic ring is 1. The molecule has 0 aliphatic heterocycles. The molecule has 5 nitrogen and oxygen atoms in total. The Kier molecular flexibility index (Phi) is 3.90. The van der Waals surface area contributed by atoms with Gasteiger partial charge in [0.1, 0.15) is 12.1 Å². The first kappa shape index (κ1) is 13.7. The second kappa shape index (κ2) is 5.99. The fourth-order valence-corrected chi connectivity index (χ4v) is 2.58. The van der Waals surface area contributed by atoms with E-state index < -0.39 is 0 Å². The van der Waals surface area contributed by atoms with Crippen LogP contribution in [0.4, 0.5) is 5.69 Å². The zero-order chi connectivity index (χ0) is 14.7. The van der Waals surface area contributed by atoms with Gasteiger partial charge in [-0.15, -0.1) is 0 Å². The number of aromatic nitrogens is 2. The van der Waals surface area contributed by atoms with Crippen molar-refractivity contribution >= 4 is 5.69 Å². The highest BCUT2D eigenvalue weighted by Gasteiger charge is 2.13. The Morgan fingerprint density at radius 2 is 1.86 bits per heavy atom. The number of hydrogen-bond donors (Lipinski definition) is 1. The summed E-state index contributed by atoms with van der Waals surface area (Å²) in [5, 5.41) is 0. The van der Waals surface area contributed by atoms with Crippen LogP contribution in [0.2, 0.25) is 0 Å². The van der Waals surface area contributed by atoms with Crippen LogP contribution < -0.4 is 15.2 Å². The number of anilines is 1. The molecule has 1 aliphatic carbocycles. The number of rotatable bonds is 4. The summed E-state index contributed by atoms with van der Waals surface area (Å²) in [7, 11) is 0. The molecule has 1 heterocycles. The fourth-order valence-electron chi connectivity index (χ4n) is 2.58. The normalized spacial score (nSPS) is 13.6. The lowest BCUT2D eigenvalue weighted by Gasteiger charge is -2.17. The van der Waals surface area contributed by atoms with E-state index in [1.807, 2.05) is 13.0 Å². The van der Waals surface area contributed by atoms with Gasteiger partial charge >= 0.3 is 0 Å². The van der Waals surface area contributed by atoms with Crippen LogP contribution in [0.15, 0.2) is 24.5 Å². The first-order valence-electron chi connectivity index (χ1n) is 7.31. The fraction of sp³-hybridized carbons (Fsp3) is 0.375. The minimum absolute atomic E-state index is 0.331. The maximum atomic E-state index is 5.98. The molecular formula is C16H19N3O2. The summed E-state index contributed by atoms with van der Waals surface area (Å²) in [4.78, 5) is 8.09. The van der Waals surface area contributed by atoms with Crippen LogP contribution in [-0.4, -0.2) is 16.6 Å². The van der Waals surface area contributed by atoms with Gasteiger partial charge in [-0.2, -0.15) is 9.97 Å². The van der Waals surface area contributed by atoms with Gasteiger partial charge in [0.2, 0.25) is 11.8 Å². The first-order valence-corrected chi connectivity index (χ1v) is 7.31. The van der Waals surface area contributed by atoms with E-state index in [2.05, 4.69) is 22.1 Å². The molecule has 1 aromatic heterocycles. The summed E-state index contributed by atoms with van der Waals surface area (Å²) < 4.78 is 11.2. The number of aryl methyl sites for hydroxylation is 2. The van der Waals surface area contributed by atoms with Gasteiger partial charge in [0, 0.05) is 0 Å². The minimum Gasteiger partial charge on any atom is -0.476 e. The molecule has 1 aromatic carbocycles. The van der Waals surface area contributed by atoms with Crippen molar-refractivity contribution in [3.05, 3.63) is 35.7 Å². The highest BCUT2D eigenvalue weighted by molar-refractivity contribution is 5.57. The quantitative estimate of drug-likeness (QED) is 0.934. The molecule has 0 unspecified atom stereocenters. The molecule has 0 saturated carbocycles. The molecule has 0 amide bonds. The lowest BCUT2D eigenvalue weighted by molar-refractivity contribution is 0.325. The molecule has 5 heteroatoms. The molecule has 0 radical (unpaired) electrons. The van der Waals surface area contributed by atoms with E-state index >= 15 is 0 Å². The third-order valence-electron chi connectivity index (χ3n) is 3.63. The Labute approximate surface area is 124 Å². The maximum Gasteiger partial charge on any atom is 0.249 e. The molecule has 1 aliphatic rings. The van der Waals surface area contributed by atoms with Crippen molar-refractivity contribution in [3.8, 4) is 17.5 Å². The third-order valence-corrected chi connectivity index (χ3v) is 3.63. The monoisotopic (exact) mass is 285 g/mol. The summed E-state index contributed by atoms with van der Waals surface area (Å²) in [6.45, 7) is 2.38. The molecule has 110 valence electrons. The van der Waals surface area contributed by atoms with E-state index in [9.17, 15) is 0 Å². The SMILES string of the molecule is CCOc1ncnc(Oc2ccc3c(c2)CCCC3)c1N. The topological polar surface area (TPSA) is 70.3 Å². The minimum atomic E-state index is 0.331. The smallest absolute Gasteiger partial charge is 0.249 e. The summed E-state index contributed by atoms with van der Waals surface area (Å²) in [6, 6.07) is 6.17. The highest BCUT2D eigenvalue weighted by atomic mass is 16.5. The summed E-state index contributed by atoms with van der Waals surface area (Å²) in [5.41, 5.74) is 9.08. The van der Waals surface area contributed by atoms with Gasteiger partial charge in [0.25, 0.3) is 0 Å². The number of hydrogen-bond acceptors (Lipinski definition) is 5. The Balaban J connectivity index is 1.85. The molecule has 2 N–H and O–H groups in total. The Bertz CT molecular complexity index is 643. The Morgan fingerprint density at radius 1 is 1.10 bits per heavy atom. The van der Waals surface area contributed by atoms with Gasteiger partial charge in [0.15, 0.2) is 5.69 Å². The van der Waals surface area contributed by atoms with Crippen molar-refractivity contribution in [1.82, 2.24) is 9.97 Å². The molecule has 0 bridgehead atoms. The lowest BCUT2D eigenvalue weighted by atomic mass is 9.92. The largest absolute Gasteiger partial charge is 0.476 e. The van der Waals surface area contributed by atoms with E-state index in [1.54, 1.807) is 0 Å². The average Bonchev–Trinajstić information content (AvgIpc) is 2.51. The molecule has 0 fully saturated rings. The molecule has 3 rings (SSSR count). The predicted octanol–water partition coefficient (Wildman–Crippen LogP) is 3.13. The highest BCUT2D eigenvalue weighted by Crippen LogP contribution is 2.32. The number of nitrogens with two attached hydrogens (primary N) is 1. The zero-order valence-corrected chi connectivity index (χ0v) is 12.1. The van der Waals surface area contributed by atoms with Crippen molar-refractivity contribution < 1.29 is 9.47 Å². The van der Waals surface area contributed by atoms with Crippen LogP contribution in [-0.2, 0) is 12.8 Å². The molecule has 2 aromatic rings. The molecular weight excluding hydrogens is 266 g/mol. The van der Waals surface area contributed by atoms with E-state index in [0.29, 0.717) is 24.1 Å². The standard InChI is InChI=1S/C16H19N3O2/c1-2-20-15-14(17)16(19-10-18-15)21-13-8-7-11-5-3-4-6-12(11)9-13/h7-10H,2-6,17H2,1H3. The molecule has 0 atom stereocenters. The zero-order valence-electron chi connectivity index (χ0n) is 12.1. The summed E-state index contributed by atoms with van der Waals surface area (Å²) in [5.74, 6) is 1.45. The number of nitrogens with zero attached hydrogens (tertiary/aromatic N) is 2. The average molecular weight is 285 g/mol. The van der Waals surface area contributed by atoms with Crippen LogP contribution in [0.1, 0.15) is 30.9 Å². The van der Waals surface area contributed by atoms with E-state index in [4.69, 9.17) is 15.2 Å². The predicted molar refractivity (Wildman–Crippen MR) is 80.8 cm³/mol. The first-order chi connectivity index (χ1) is 10.3. The van der Waals surface area contributed by atoms with Gasteiger partial charge in [-0.05, 0) is 55.9 Å². The van der Waals surface area contributed by atoms with Gasteiger partial charge in [0.05, 0.1) is 6.61 Å². The van der Waals surface area contributed by atoms with E-state index in [-0.39, 0.29) is 0 Å². The van der Waals surface area contributed by atoms with Crippen molar-refractivity contribution in [2.75, 3.05) is 12.3 Å². The van der Waals surface area contributed by atoms with Crippen LogP contribution in [0.25, 0.3) is 0 Å². The second-order valence-corrected chi connectivity index (χ2v) is 5.07. The summed E-state index contributed by atoms with van der Waals surface area (Å²) >= 11 is 0. The van der Waals surface area contributed by atoms with Crippen molar-refractivity contribution in [1.29, 1.82) is 0 Å². The van der Waals surface area contributed by atoms with E-state index in [0.717, 1.165) is 18.6 Å². The van der Waals surface area contributed by atoms with E-state index in [1.165, 1.54) is 30.3 Å². The van der Waals surface area contributed by atoms with Gasteiger partial charge in [-0.1, -0.05) is 6.07 Å². The molecule has 0 spiro atoms. The van der Waals surface area contributed by atoms with Gasteiger partial charge in [-0.25, -0.2) is 0 Å². The molecule has 21 heavy (non-hydrogen) atoms. The number of ether oxygens (including phenoxy) is 2. The lowest BCUT2D eigenvalue weighted by Crippen LogP contribution is -2.04. The second-order valence-electron chi connectivity index (χ2n) is 5.07. The van der Waals surface area contributed by atoms with Crippen molar-refractivity contribution in [2.45, 2.75) is 32.6 Å². The van der Waals surface area contributed by atoms with Crippen molar-refractivity contribution in [3.63, 3.8) is 0 Å². The van der Waals surface area contributed by atoms with Crippen molar-refractivity contribution in [2.24, 2.45) is 0 Å². The van der Waals surface area contributed by atoms with Gasteiger partial charge in [-0.3, -0.25) is 0 Å². The summed E-state index contributed by atoms with van der Waals surface area (Å²) in [6.07, 6.45) is 6.16. The van der Waals surface area contributed by atoms with Crippen LogP contribution in [0, 0.1) is 0 Å². The third kappa shape index (κ3) is 2.91. The van der Waals surface area contributed by atoms with Crippen LogP contribution >= 0.6 is 0 Å². The van der Waals surface area contributed by atoms with Crippen LogP contribution in [0.5, 0.6) is 17.5 Å².